The molecule has 1 atom stereocenters. The van der Waals surface area contributed by atoms with Crippen LogP contribution in [0, 0.1) is 0 Å². The predicted octanol–water partition coefficient (Wildman–Crippen LogP) is 0.671. The van der Waals surface area contributed by atoms with Gasteiger partial charge in [-0.1, -0.05) is 0 Å². The van der Waals surface area contributed by atoms with Crippen molar-refractivity contribution in [3.63, 3.8) is 0 Å². The van der Waals surface area contributed by atoms with Crippen LogP contribution in [0.2, 0.25) is 0 Å². The molecule has 1 heterocycles. The number of nitrogens with one attached hydrogen (secondary N) is 2. The smallest absolute Gasteiger partial charge is 0.305 e. The molecule has 1 aliphatic rings. The molecule has 0 spiro atoms. The van der Waals surface area contributed by atoms with Gasteiger partial charge in [-0.3, -0.25) is 4.79 Å². The molecule has 15 heavy (non-hydrogen) atoms. The van der Waals surface area contributed by atoms with E-state index >= 15 is 0 Å². The Morgan fingerprint density at radius 3 is 3.13 bits per heavy atom. The number of ether oxygens (including phenoxy) is 1. The zero-order chi connectivity index (χ0) is 10.9. The number of rotatable bonds is 7. The van der Waals surface area contributed by atoms with Gasteiger partial charge < -0.3 is 15.4 Å². The molecule has 1 rings (SSSR count). The second kappa shape index (κ2) is 7.65. The third-order valence-electron chi connectivity index (χ3n) is 2.59. The van der Waals surface area contributed by atoms with Gasteiger partial charge in [0, 0.05) is 19.0 Å². The molecule has 1 unspecified atom stereocenters. The molecule has 1 aliphatic heterocycles. The van der Waals surface area contributed by atoms with Crippen LogP contribution >= 0.6 is 0 Å². The standard InChI is InChI=1S/C11H22N2O2/c1-2-15-11(14)6-4-7-12-9-10-5-3-8-13-10/h10,12-13H,2-9H2,1H3. The topological polar surface area (TPSA) is 50.4 Å². The summed E-state index contributed by atoms with van der Waals surface area (Å²) in [6.07, 6.45) is 3.95. The van der Waals surface area contributed by atoms with Crippen molar-refractivity contribution >= 4 is 5.97 Å². The first-order chi connectivity index (χ1) is 7.33. The quantitative estimate of drug-likeness (QED) is 0.483. The van der Waals surface area contributed by atoms with Crippen molar-refractivity contribution in [3.05, 3.63) is 0 Å². The van der Waals surface area contributed by atoms with Crippen LogP contribution in [0.25, 0.3) is 0 Å². The SMILES string of the molecule is CCOC(=O)CCCNCC1CCCN1. The average molecular weight is 214 g/mol. The zero-order valence-corrected chi connectivity index (χ0v) is 9.55. The predicted molar refractivity (Wildman–Crippen MR) is 59.8 cm³/mol. The summed E-state index contributed by atoms with van der Waals surface area (Å²) in [4.78, 5) is 11.0. The first-order valence-corrected chi connectivity index (χ1v) is 5.92. The third-order valence-corrected chi connectivity index (χ3v) is 2.59. The van der Waals surface area contributed by atoms with Gasteiger partial charge in [-0.05, 0) is 39.3 Å². The molecular formula is C11H22N2O2. The van der Waals surface area contributed by atoms with E-state index in [0.717, 1.165) is 26.1 Å². The summed E-state index contributed by atoms with van der Waals surface area (Å²) >= 11 is 0. The van der Waals surface area contributed by atoms with E-state index in [1.807, 2.05) is 6.92 Å². The number of esters is 1. The van der Waals surface area contributed by atoms with Crippen LogP contribution in [0.15, 0.2) is 0 Å². The minimum Gasteiger partial charge on any atom is -0.466 e. The maximum atomic E-state index is 11.0. The fraction of sp³-hybridized carbons (Fsp3) is 0.909. The van der Waals surface area contributed by atoms with Crippen LogP contribution in [-0.4, -0.2) is 38.3 Å². The van der Waals surface area contributed by atoms with E-state index in [4.69, 9.17) is 4.74 Å². The van der Waals surface area contributed by atoms with Crippen LogP contribution in [0.1, 0.15) is 32.6 Å². The van der Waals surface area contributed by atoms with E-state index in [2.05, 4.69) is 10.6 Å². The summed E-state index contributed by atoms with van der Waals surface area (Å²) in [7, 11) is 0. The van der Waals surface area contributed by atoms with E-state index < -0.39 is 0 Å². The molecule has 1 saturated heterocycles. The van der Waals surface area contributed by atoms with E-state index in [1.54, 1.807) is 0 Å². The van der Waals surface area contributed by atoms with Gasteiger partial charge in [0.1, 0.15) is 0 Å². The lowest BCUT2D eigenvalue weighted by molar-refractivity contribution is -0.143. The maximum Gasteiger partial charge on any atom is 0.305 e. The van der Waals surface area contributed by atoms with Crippen LogP contribution < -0.4 is 10.6 Å². The van der Waals surface area contributed by atoms with Crippen molar-refractivity contribution in [2.24, 2.45) is 0 Å². The lowest BCUT2D eigenvalue weighted by atomic mass is 10.2. The van der Waals surface area contributed by atoms with Crippen molar-refractivity contribution in [2.45, 2.75) is 38.6 Å². The summed E-state index contributed by atoms with van der Waals surface area (Å²) in [5, 5.41) is 6.78. The molecule has 4 nitrogen and oxygen atoms in total. The molecule has 2 N–H and O–H groups in total. The second-order valence-electron chi connectivity index (χ2n) is 3.91. The summed E-state index contributed by atoms with van der Waals surface area (Å²) in [5.74, 6) is -0.0849. The van der Waals surface area contributed by atoms with Gasteiger partial charge in [-0.15, -0.1) is 0 Å². The zero-order valence-electron chi connectivity index (χ0n) is 9.55. The third kappa shape index (κ3) is 5.74. The molecular weight excluding hydrogens is 192 g/mol. The number of carbonyl (C=O) groups excluding carboxylic acids is 1. The molecule has 0 aromatic carbocycles. The Morgan fingerprint density at radius 1 is 1.60 bits per heavy atom. The molecule has 0 saturated carbocycles. The van der Waals surface area contributed by atoms with E-state index in [0.29, 0.717) is 19.1 Å². The number of hydrogen-bond acceptors (Lipinski definition) is 4. The highest BCUT2D eigenvalue weighted by Gasteiger charge is 2.12. The van der Waals surface area contributed by atoms with Crippen molar-refractivity contribution < 1.29 is 9.53 Å². The first kappa shape index (κ1) is 12.5. The summed E-state index contributed by atoms with van der Waals surface area (Å²) < 4.78 is 4.84. The summed E-state index contributed by atoms with van der Waals surface area (Å²) in [6.45, 7) is 5.38. The molecule has 0 aliphatic carbocycles. The highest BCUT2D eigenvalue weighted by molar-refractivity contribution is 5.69. The van der Waals surface area contributed by atoms with E-state index in [1.165, 1.54) is 12.8 Å². The van der Waals surface area contributed by atoms with Crippen molar-refractivity contribution in [2.75, 3.05) is 26.2 Å². The molecule has 0 amide bonds. The average Bonchev–Trinajstić information content (AvgIpc) is 2.70. The lowest BCUT2D eigenvalue weighted by Crippen LogP contribution is -2.34. The van der Waals surface area contributed by atoms with Gasteiger partial charge in [0.25, 0.3) is 0 Å². The van der Waals surface area contributed by atoms with Crippen molar-refractivity contribution in [1.29, 1.82) is 0 Å². The van der Waals surface area contributed by atoms with Gasteiger partial charge in [0.2, 0.25) is 0 Å². The van der Waals surface area contributed by atoms with Gasteiger partial charge in [0.05, 0.1) is 6.61 Å². The molecule has 4 heteroatoms. The van der Waals surface area contributed by atoms with Crippen LogP contribution in [0.4, 0.5) is 0 Å². The van der Waals surface area contributed by atoms with Crippen molar-refractivity contribution in [1.82, 2.24) is 10.6 Å². The van der Waals surface area contributed by atoms with Gasteiger partial charge >= 0.3 is 5.97 Å². The molecule has 88 valence electrons. The number of carbonyl (C=O) groups is 1. The van der Waals surface area contributed by atoms with Crippen LogP contribution in [0.3, 0.4) is 0 Å². The molecule has 0 aromatic rings. The van der Waals surface area contributed by atoms with Crippen molar-refractivity contribution in [3.8, 4) is 0 Å². The monoisotopic (exact) mass is 214 g/mol. The minimum absolute atomic E-state index is 0.0849. The molecule has 0 radical (unpaired) electrons. The van der Waals surface area contributed by atoms with E-state index in [9.17, 15) is 4.79 Å². The molecule has 0 bridgehead atoms. The Labute approximate surface area is 91.8 Å². The van der Waals surface area contributed by atoms with Crippen LogP contribution in [0.5, 0.6) is 0 Å². The Hall–Kier alpha value is -0.610. The Bertz CT molecular complexity index is 179. The van der Waals surface area contributed by atoms with Gasteiger partial charge in [-0.2, -0.15) is 0 Å². The summed E-state index contributed by atoms with van der Waals surface area (Å²) in [6, 6.07) is 0.632. The highest BCUT2D eigenvalue weighted by Crippen LogP contribution is 2.03. The van der Waals surface area contributed by atoms with E-state index in [-0.39, 0.29) is 5.97 Å². The second-order valence-corrected chi connectivity index (χ2v) is 3.91. The van der Waals surface area contributed by atoms with Gasteiger partial charge in [0.15, 0.2) is 0 Å². The number of hydrogen-bond donors (Lipinski definition) is 2. The fourth-order valence-electron chi connectivity index (χ4n) is 1.80. The minimum atomic E-state index is -0.0849. The van der Waals surface area contributed by atoms with Gasteiger partial charge in [-0.25, -0.2) is 0 Å². The molecule has 0 aromatic heterocycles. The van der Waals surface area contributed by atoms with Crippen LogP contribution in [-0.2, 0) is 9.53 Å². The fourth-order valence-corrected chi connectivity index (χ4v) is 1.80. The first-order valence-electron chi connectivity index (χ1n) is 5.92. The Kier molecular flexibility index (Phi) is 6.36. The largest absolute Gasteiger partial charge is 0.466 e. The summed E-state index contributed by atoms with van der Waals surface area (Å²) in [5.41, 5.74) is 0. The molecule has 1 fully saturated rings. The highest BCUT2D eigenvalue weighted by atomic mass is 16.5. The Balaban J connectivity index is 1.86. The maximum absolute atomic E-state index is 11.0. The Morgan fingerprint density at radius 2 is 2.47 bits per heavy atom. The lowest BCUT2D eigenvalue weighted by Gasteiger charge is -2.10. The normalized spacial score (nSPS) is 20.5.